The van der Waals surface area contributed by atoms with Gasteiger partial charge in [-0.05, 0) is 5.53 Å². The number of nitrogens with zero attached hydrogens (tertiary/aromatic N) is 3. The molecule has 0 aliphatic heterocycles. The Morgan fingerprint density at radius 3 is 1.88 bits per heavy atom. The molecule has 0 aliphatic rings. The van der Waals surface area contributed by atoms with E-state index in [0.29, 0.717) is 0 Å². The topological polar surface area (TPSA) is 209 Å². The smallest absolute Gasteiger partial charge is 0.336 e. The Morgan fingerprint density at radius 2 is 1.50 bits per heavy atom. The maximum atomic E-state index is 10.7. The lowest BCUT2D eigenvalue weighted by Crippen LogP contribution is -1.93. The lowest BCUT2D eigenvalue weighted by atomic mass is 12.9. The van der Waals surface area contributed by atoms with Crippen molar-refractivity contribution in [3.63, 3.8) is 0 Å². The van der Waals surface area contributed by atoms with Crippen LogP contribution in [-0.2, 0) is 26.9 Å². The molecule has 0 fully saturated rings. The molecule has 0 aliphatic carbocycles. The van der Waals surface area contributed by atoms with E-state index in [2.05, 4.69) is 18.5 Å². The Balaban J connectivity index is 4.71. The third-order valence-corrected chi connectivity index (χ3v) is 4.20. The molecule has 0 aromatic carbocycles. The van der Waals surface area contributed by atoms with Crippen molar-refractivity contribution in [1.82, 2.24) is 0 Å². The number of azide groups is 1. The summed E-state index contributed by atoms with van der Waals surface area (Å²) in [5.41, 5.74) is 7.67. The van der Waals surface area contributed by atoms with Crippen LogP contribution in [0.1, 0.15) is 0 Å². The van der Waals surface area contributed by atoms with Gasteiger partial charge in [0.05, 0.1) is 0 Å². The fraction of sp³-hybridized carbons (Fsp3) is 0. The third-order valence-electron chi connectivity index (χ3n) is 0.592. The highest BCUT2D eigenvalue weighted by atomic mass is 31.3. The summed E-state index contributed by atoms with van der Waals surface area (Å²) in [6.45, 7) is 0. The molecule has 16 heavy (non-hydrogen) atoms. The molecule has 4 N–H and O–H groups in total. The molecule has 0 saturated carbocycles. The number of rotatable bonds is 6. The molecule has 0 heterocycles. The van der Waals surface area contributed by atoms with Crippen molar-refractivity contribution < 1.29 is 46.5 Å². The average molecular weight is 299 g/mol. The highest BCUT2D eigenvalue weighted by molar-refractivity contribution is 7.66. The summed E-state index contributed by atoms with van der Waals surface area (Å²) in [4.78, 5) is 35.2. The van der Waals surface area contributed by atoms with Gasteiger partial charge in [0.2, 0.25) is 0 Å². The highest BCUT2D eigenvalue weighted by Gasteiger charge is 2.41. The molecule has 0 rings (SSSR count). The second-order valence-corrected chi connectivity index (χ2v) is 6.17. The lowest BCUT2D eigenvalue weighted by molar-refractivity contribution is 0.174. The monoisotopic (exact) mass is 299 g/mol. The van der Waals surface area contributed by atoms with E-state index < -0.39 is 23.5 Å². The largest absolute Gasteiger partial charge is 0.542 e. The first kappa shape index (κ1) is 15.6. The van der Waals surface area contributed by atoms with Crippen LogP contribution in [0.4, 0.5) is 0 Å². The lowest BCUT2D eigenvalue weighted by Gasteiger charge is -2.13. The zero-order chi connectivity index (χ0) is 13.0. The minimum Gasteiger partial charge on any atom is -0.336 e. The molecule has 0 aromatic heterocycles. The van der Waals surface area contributed by atoms with E-state index in [0.717, 1.165) is 0 Å². The average Bonchev–Trinajstić information content (AvgIpc) is 1.93. The Morgan fingerprint density at radius 1 is 1.00 bits per heavy atom. The van der Waals surface area contributed by atoms with Crippen LogP contribution < -0.4 is 0 Å². The Bertz CT molecular complexity index is 427. The zero-order valence-corrected chi connectivity index (χ0v) is 9.60. The van der Waals surface area contributed by atoms with Crippen molar-refractivity contribution in [2.75, 3.05) is 0 Å². The second kappa shape index (κ2) is 5.26. The molecule has 2 atom stereocenters. The SMILES string of the molecule is [N-]=[N+]=NOP(=O)(O)OP(=O)(O)OP(=O)(O)O. The molecule has 0 saturated heterocycles. The predicted octanol–water partition coefficient (Wildman–Crippen LogP) is 0.555. The Hall–Kier alpha value is -0.440. The van der Waals surface area contributed by atoms with Gasteiger partial charge in [-0.2, -0.15) is 8.62 Å². The van der Waals surface area contributed by atoms with Gasteiger partial charge in [-0.15, -0.1) is 0 Å². The summed E-state index contributed by atoms with van der Waals surface area (Å²) in [6.07, 6.45) is 0. The van der Waals surface area contributed by atoms with Crippen LogP contribution in [-0.4, -0.2) is 19.6 Å². The minimum atomic E-state index is -5.56. The van der Waals surface area contributed by atoms with E-state index in [-0.39, 0.29) is 0 Å². The summed E-state index contributed by atoms with van der Waals surface area (Å²) in [6, 6.07) is 0. The van der Waals surface area contributed by atoms with E-state index >= 15 is 0 Å². The molecule has 94 valence electrons. The van der Waals surface area contributed by atoms with Crippen LogP contribution in [0.3, 0.4) is 0 Å². The molecule has 0 amide bonds. The Kier molecular flexibility index (Phi) is 5.12. The van der Waals surface area contributed by atoms with Crippen molar-refractivity contribution in [1.29, 1.82) is 0 Å². The number of hydrogen-bond acceptors (Lipinski definition) is 7. The first-order valence-corrected chi connectivity index (χ1v) is 7.36. The van der Waals surface area contributed by atoms with Crippen LogP contribution in [0.25, 0.3) is 10.4 Å². The second-order valence-electron chi connectivity index (χ2n) is 1.84. The van der Waals surface area contributed by atoms with Crippen molar-refractivity contribution in [3.05, 3.63) is 10.4 Å². The van der Waals surface area contributed by atoms with E-state index in [9.17, 15) is 13.7 Å². The van der Waals surface area contributed by atoms with Gasteiger partial charge in [0.1, 0.15) is 5.28 Å². The molecule has 0 radical (unpaired) electrons. The van der Waals surface area contributed by atoms with Crippen LogP contribution >= 0.6 is 23.5 Å². The van der Waals surface area contributed by atoms with E-state index in [1.54, 1.807) is 0 Å². The van der Waals surface area contributed by atoms with Crippen molar-refractivity contribution in [2.24, 2.45) is 5.28 Å². The third kappa shape index (κ3) is 7.80. The normalized spacial score (nSPS) is 19.0. The first-order valence-electron chi connectivity index (χ1n) is 2.84. The summed E-state index contributed by atoms with van der Waals surface area (Å²) in [5, 5.41) is 2.08. The summed E-state index contributed by atoms with van der Waals surface area (Å²) in [7, 11) is -16.3. The van der Waals surface area contributed by atoms with Gasteiger partial charge < -0.3 is 19.3 Å². The van der Waals surface area contributed by atoms with Gasteiger partial charge in [0.25, 0.3) is 0 Å². The molecule has 0 spiro atoms. The number of hydrogen-bond donors (Lipinski definition) is 4. The maximum Gasteiger partial charge on any atom is 0.542 e. The van der Waals surface area contributed by atoms with Gasteiger partial charge in [-0.25, -0.2) is 13.7 Å². The summed E-state index contributed by atoms with van der Waals surface area (Å²) in [5.74, 6) is 0. The predicted molar refractivity (Wildman–Crippen MR) is 44.1 cm³/mol. The van der Waals surface area contributed by atoms with E-state index in [4.69, 9.17) is 25.1 Å². The van der Waals surface area contributed by atoms with Gasteiger partial charge in [-0.3, -0.25) is 4.89 Å². The molecular weight excluding hydrogens is 295 g/mol. The highest BCUT2D eigenvalue weighted by Crippen LogP contribution is 2.66. The molecule has 0 aromatic rings. The Labute approximate surface area is 86.6 Å². The minimum absolute atomic E-state index is 1.85. The molecule has 16 heteroatoms. The molecule has 13 nitrogen and oxygen atoms in total. The molecular formula is H4N3O10P3. The van der Waals surface area contributed by atoms with Gasteiger partial charge in [-0.1, -0.05) is 0 Å². The molecule has 0 bridgehead atoms. The van der Waals surface area contributed by atoms with E-state index in [1.807, 2.05) is 4.91 Å². The van der Waals surface area contributed by atoms with Gasteiger partial charge in [0.15, 0.2) is 0 Å². The van der Waals surface area contributed by atoms with Crippen molar-refractivity contribution in [3.8, 4) is 0 Å². The van der Waals surface area contributed by atoms with Crippen molar-refractivity contribution >= 4 is 23.5 Å². The quantitative estimate of drug-likeness (QED) is 0.176. The summed E-state index contributed by atoms with van der Waals surface area (Å²) < 4.78 is 41.3. The van der Waals surface area contributed by atoms with Crippen LogP contribution in [0, 0.1) is 0 Å². The maximum absolute atomic E-state index is 10.7. The van der Waals surface area contributed by atoms with Gasteiger partial charge >= 0.3 is 23.5 Å². The first-order chi connectivity index (χ1) is 6.97. The van der Waals surface area contributed by atoms with Gasteiger partial charge in [0, 0.05) is 4.91 Å². The van der Waals surface area contributed by atoms with Crippen molar-refractivity contribution in [2.45, 2.75) is 0 Å². The standard InChI is InChI=1S/H4N3O10P3/c1-2-3-11-15(7,8)13-16(9,10)12-14(4,5)6/h(H,7,8)(H,9,10)(H2,4,5,6). The summed E-state index contributed by atoms with van der Waals surface area (Å²) >= 11 is 0. The fourth-order valence-corrected chi connectivity index (χ4v) is 3.11. The molecule has 2 unspecified atom stereocenters. The number of phosphoric acid groups is 3. The van der Waals surface area contributed by atoms with Crippen LogP contribution in [0.5, 0.6) is 0 Å². The van der Waals surface area contributed by atoms with Crippen LogP contribution in [0.2, 0.25) is 0 Å². The van der Waals surface area contributed by atoms with E-state index in [1.165, 1.54) is 0 Å². The fourth-order valence-electron chi connectivity index (χ4n) is 0.357. The zero-order valence-electron chi connectivity index (χ0n) is 6.92. The van der Waals surface area contributed by atoms with Crippen LogP contribution in [0.15, 0.2) is 5.28 Å².